The van der Waals surface area contributed by atoms with Crippen molar-refractivity contribution in [1.29, 1.82) is 0 Å². The number of allylic oxidation sites excluding steroid dienone is 3. The Kier molecular flexibility index (Phi) is 7.93. The lowest BCUT2D eigenvalue weighted by Crippen LogP contribution is -2.43. The minimum atomic E-state index is -2.47. The predicted octanol–water partition coefficient (Wildman–Crippen LogP) is 4.50. The highest BCUT2D eigenvalue weighted by Crippen LogP contribution is 2.45. The van der Waals surface area contributed by atoms with Crippen molar-refractivity contribution in [3.63, 3.8) is 0 Å². The molecule has 3 N–H and O–H groups in total. The van der Waals surface area contributed by atoms with Crippen molar-refractivity contribution in [2.75, 3.05) is 0 Å². The van der Waals surface area contributed by atoms with Crippen LogP contribution in [0.1, 0.15) is 83.6 Å². The fourth-order valence-corrected chi connectivity index (χ4v) is 4.86. The van der Waals surface area contributed by atoms with Gasteiger partial charge in [-0.25, -0.2) is 0 Å². The molecule has 32 heavy (non-hydrogen) atoms. The summed E-state index contributed by atoms with van der Waals surface area (Å²) in [6, 6.07) is 0. The lowest BCUT2D eigenvalue weighted by Gasteiger charge is -2.44. The number of hydrogen-bond acceptors (Lipinski definition) is 5. The summed E-state index contributed by atoms with van der Waals surface area (Å²) in [5.41, 5.74) is -0.501. The molecule has 2 aliphatic carbocycles. The SMILES string of the molecule is [2H]C([2H])([2H])C(C)(CC)C(=O)O[C@H]1C[C@@H](C)C=C2C=C[C@H](C)[C@H](CC[C@@H](O)C[C@@H](O)CCC(=O)O)[C@H]21. The molecule has 0 amide bonds. The second-order valence-electron chi connectivity index (χ2n) is 9.97. The van der Waals surface area contributed by atoms with E-state index in [-0.39, 0.29) is 49.4 Å². The van der Waals surface area contributed by atoms with Gasteiger partial charge in [0, 0.05) is 16.5 Å². The van der Waals surface area contributed by atoms with Gasteiger partial charge in [0.2, 0.25) is 0 Å². The molecule has 0 spiro atoms. The van der Waals surface area contributed by atoms with Crippen LogP contribution in [0.4, 0.5) is 0 Å². The van der Waals surface area contributed by atoms with Crippen molar-refractivity contribution in [3.8, 4) is 0 Å². The van der Waals surface area contributed by atoms with Gasteiger partial charge in [-0.3, -0.25) is 9.59 Å². The molecule has 0 aliphatic heterocycles. The van der Waals surface area contributed by atoms with E-state index in [2.05, 4.69) is 32.1 Å². The van der Waals surface area contributed by atoms with E-state index in [1.165, 1.54) is 6.92 Å². The van der Waals surface area contributed by atoms with Gasteiger partial charge in [0.15, 0.2) is 0 Å². The van der Waals surface area contributed by atoms with Gasteiger partial charge in [-0.1, -0.05) is 39.0 Å². The molecule has 0 bridgehead atoms. The molecule has 2 rings (SSSR count). The zero-order chi connectivity index (χ0) is 26.6. The third kappa shape index (κ3) is 7.17. The normalized spacial score (nSPS) is 32.9. The quantitative estimate of drug-likeness (QED) is 0.398. The van der Waals surface area contributed by atoms with Crippen LogP contribution in [0.3, 0.4) is 0 Å². The van der Waals surface area contributed by atoms with Crippen LogP contribution in [0.15, 0.2) is 23.8 Å². The molecular formula is C26H42O6. The lowest BCUT2D eigenvalue weighted by molar-refractivity contribution is -0.164. The Labute approximate surface area is 197 Å². The molecule has 6 nitrogen and oxygen atoms in total. The second kappa shape index (κ2) is 11.5. The summed E-state index contributed by atoms with van der Waals surface area (Å²) in [5.74, 6) is -1.36. The number of carboxylic acids is 1. The summed E-state index contributed by atoms with van der Waals surface area (Å²) in [5, 5.41) is 29.3. The van der Waals surface area contributed by atoms with Crippen molar-refractivity contribution in [2.24, 2.45) is 29.1 Å². The molecule has 0 heterocycles. The van der Waals surface area contributed by atoms with Crippen molar-refractivity contribution in [3.05, 3.63) is 23.8 Å². The highest BCUT2D eigenvalue weighted by atomic mass is 16.5. The number of carboxylic acid groups (broad SMARTS) is 1. The second-order valence-corrected chi connectivity index (χ2v) is 9.97. The van der Waals surface area contributed by atoms with Crippen molar-refractivity contribution in [2.45, 2.75) is 97.8 Å². The van der Waals surface area contributed by atoms with E-state index in [1.807, 2.05) is 0 Å². The van der Waals surface area contributed by atoms with Crippen molar-refractivity contribution in [1.82, 2.24) is 0 Å². The molecule has 0 radical (unpaired) electrons. The van der Waals surface area contributed by atoms with Gasteiger partial charge in [-0.05, 0) is 75.6 Å². The highest BCUT2D eigenvalue weighted by molar-refractivity contribution is 5.76. The van der Waals surface area contributed by atoms with Crippen molar-refractivity contribution >= 4 is 11.9 Å². The number of aliphatic hydroxyl groups excluding tert-OH is 2. The van der Waals surface area contributed by atoms with Crippen LogP contribution in [0, 0.1) is 29.1 Å². The van der Waals surface area contributed by atoms with Crippen LogP contribution in [0.2, 0.25) is 0 Å². The van der Waals surface area contributed by atoms with Crippen LogP contribution < -0.4 is 0 Å². The number of esters is 1. The maximum atomic E-state index is 13.1. The summed E-state index contributed by atoms with van der Waals surface area (Å²) < 4.78 is 29.6. The number of hydrogen-bond donors (Lipinski definition) is 3. The Morgan fingerprint density at radius 3 is 2.59 bits per heavy atom. The Bertz CT molecular complexity index is 807. The molecule has 0 aromatic rings. The van der Waals surface area contributed by atoms with E-state index in [0.29, 0.717) is 19.3 Å². The Hall–Kier alpha value is -1.66. The molecule has 182 valence electrons. The number of carbonyl (C=O) groups is 2. The number of aliphatic carboxylic acids is 1. The van der Waals surface area contributed by atoms with Gasteiger partial charge < -0.3 is 20.1 Å². The van der Waals surface area contributed by atoms with Crippen LogP contribution >= 0.6 is 0 Å². The summed E-state index contributed by atoms with van der Waals surface area (Å²) >= 11 is 0. The predicted molar refractivity (Wildman–Crippen MR) is 124 cm³/mol. The molecule has 8 atom stereocenters. The minimum absolute atomic E-state index is 0.0722. The van der Waals surface area contributed by atoms with E-state index in [4.69, 9.17) is 14.0 Å². The maximum Gasteiger partial charge on any atom is 0.311 e. The van der Waals surface area contributed by atoms with E-state index < -0.39 is 42.5 Å². The van der Waals surface area contributed by atoms with E-state index in [0.717, 1.165) is 5.57 Å². The first kappa shape index (κ1) is 22.1. The molecule has 6 heteroatoms. The summed E-state index contributed by atoms with van der Waals surface area (Å²) in [6.45, 7) is 4.79. The maximum absolute atomic E-state index is 13.1. The monoisotopic (exact) mass is 453 g/mol. The van der Waals surface area contributed by atoms with Crippen LogP contribution in [-0.4, -0.2) is 45.6 Å². The Morgan fingerprint density at radius 2 is 1.97 bits per heavy atom. The van der Waals surface area contributed by atoms with E-state index in [9.17, 15) is 19.8 Å². The summed E-state index contributed by atoms with van der Waals surface area (Å²) in [6.07, 6.45) is 6.13. The Morgan fingerprint density at radius 1 is 1.28 bits per heavy atom. The van der Waals surface area contributed by atoms with Gasteiger partial charge in [0.25, 0.3) is 0 Å². The fourth-order valence-electron chi connectivity index (χ4n) is 4.86. The third-order valence-corrected chi connectivity index (χ3v) is 7.08. The largest absolute Gasteiger partial charge is 0.481 e. The van der Waals surface area contributed by atoms with E-state index >= 15 is 0 Å². The number of ether oxygens (including phenoxy) is 1. The number of fused-ring (bicyclic) bond motifs is 1. The fraction of sp³-hybridized carbons (Fsp3) is 0.769. The van der Waals surface area contributed by atoms with Gasteiger partial charge in [-0.2, -0.15) is 0 Å². The average Bonchev–Trinajstić information content (AvgIpc) is 2.75. The zero-order valence-electron chi connectivity index (χ0n) is 22.8. The molecule has 0 saturated carbocycles. The van der Waals surface area contributed by atoms with Gasteiger partial charge >= 0.3 is 11.9 Å². The summed E-state index contributed by atoms with van der Waals surface area (Å²) in [7, 11) is 0. The number of carbonyl (C=O) groups excluding carboxylic acids is 1. The lowest BCUT2D eigenvalue weighted by atomic mass is 9.65. The van der Waals surface area contributed by atoms with Gasteiger partial charge in [0.1, 0.15) is 6.10 Å². The van der Waals surface area contributed by atoms with Crippen LogP contribution in [-0.2, 0) is 14.3 Å². The molecular weight excluding hydrogens is 408 g/mol. The first-order chi connectivity index (χ1) is 16.2. The van der Waals surface area contributed by atoms with Crippen LogP contribution in [0.25, 0.3) is 0 Å². The number of aliphatic hydroxyl groups is 2. The van der Waals surface area contributed by atoms with E-state index in [1.54, 1.807) is 6.92 Å². The topological polar surface area (TPSA) is 104 Å². The minimum Gasteiger partial charge on any atom is -0.481 e. The highest BCUT2D eigenvalue weighted by Gasteiger charge is 2.42. The van der Waals surface area contributed by atoms with Crippen LogP contribution in [0.5, 0.6) is 0 Å². The smallest absolute Gasteiger partial charge is 0.311 e. The number of rotatable bonds is 11. The molecule has 1 unspecified atom stereocenters. The molecule has 2 aliphatic rings. The Balaban J connectivity index is 2.16. The molecule has 0 fully saturated rings. The molecule has 0 saturated heterocycles. The van der Waals surface area contributed by atoms with Gasteiger partial charge in [0.05, 0.1) is 17.6 Å². The molecule has 0 aromatic heterocycles. The van der Waals surface area contributed by atoms with Gasteiger partial charge in [-0.15, -0.1) is 0 Å². The first-order valence-electron chi connectivity index (χ1n) is 13.4. The first-order valence-corrected chi connectivity index (χ1v) is 11.9. The standard InChI is InChI=1S/C26H42O6/c1-6-26(4,5)25(31)32-22-14-16(2)13-18-8-7-17(3)21(24(18)22)11-9-19(27)15-20(28)10-12-23(29)30/h7-8,13,16-17,19-22,24,27-28H,6,9-12,14-15H2,1-5H3,(H,29,30)/t16-,17-,19+,20-,21-,22-,24-/m0/s1/i4D3/t16-,17-,19+,20-,21-,22-,24-,26?. The average molecular weight is 454 g/mol. The van der Waals surface area contributed by atoms with Crippen molar-refractivity contribution < 1.29 is 33.8 Å². The summed E-state index contributed by atoms with van der Waals surface area (Å²) in [4.78, 5) is 23.9. The molecule has 0 aromatic carbocycles. The zero-order valence-corrected chi connectivity index (χ0v) is 19.8. The third-order valence-electron chi connectivity index (χ3n) is 7.08.